The van der Waals surface area contributed by atoms with Crippen molar-refractivity contribution in [3.63, 3.8) is 0 Å². The van der Waals surface area contributed by atoms with Crippen LogP contribution in [-0.2, 0) is 14.4 Å². The first-order valence-electron chi connectivity index (χ1n) is 4.85. The predicted octanol–water partition coefficient (Wildman–Crippen LogP) is -1.21. The number of nitrogens with two attached hydrogens (primary N) is 1. The number of aliphatic carboxylic acids is 1. The largest absolute Gasteiger partial charge is 0.481 e. The molecule has 1 unspecified atom stereocenters. The zero-order valence-electron chi connectivity index (χ0n) is 8.05. The molecule has 2 amide bonds. The lowest BCUT2D eigenvalue weighted by Gasteiger charge is -2.38. The molecule has 6 heteroatoms. The fourth-order valence-corrected chi connectivity index (χ4v) is 1.90. The van der Waals surface area contributed by atoms with E-state index in [9.17, 15) is 14.4 Å². The number of carboxylic acid groups (broad SMARTS) is 1. The standard InChI is InChI=1S/C9H12N2O4/c10-7(12)6-1-2-11(6)8(13)4-3-5(4)9(14)15/h4-6H,1-3H2,(H2,10,12)(H,14,15)/t4-,5+,6?/m1/s1. The highest BCUT2D eigenvalue weighted by Crippen LogP contribution is 2.41. The Morgan fingerprint density at radius 1 is 1.27 bits per heavy atom. The van der Waals surface area contributed by atoms with Crippen LogP contribution in [-0.4, -0.2) is 40.4 Å². The molecule has 82 valence electrons. The Morgan fingerprint density at radius 2 is 1.93 bits per heavy atom. The number of hydrogen-bond acceptors (Lipinski definition) is 3. The van der Waals surface area contributed by atoms with Crippen LogP contribution in [0.2, 0.25) is 0 Å². The minimum atomic E-state index is -0.940. The number of likely N-dealkylation sites (tertiary alicyclic amines) is 1. The molecule has 2 aliphatic rings. The molecule has 15 heavy (non-hydrogen) atoms. The van der Waals surface area contributed by atoms with Gasteiger partial charge in [-0.25, -0.2) is 0 Å². The van der Waals surface area contributed by atoms with Gasteiger partial charge in [0.05, 0.1) is 11.8 Å². The predicted molar refractivity (Wildman–Crippen MR) is 48.5 cm³/mol. The number of carbonyl (C=O) groups is 3. The molecule has 3 atom stereocenters. The maximum absolute atomic E-state index is 11.7. The Balaban J connectivity index is 1.93. The third kappa shape index (κ3) is 1.55. The Hall–Kier alpha value is -1.59. The second-order valence-electron chi connectivity index (χ2n) is 4.03. The normalized spacial score (nSPS) is 33.1. The number of carboxylic acids is 1. The average Bonchev–Trinajstić information content (AvgIpc) is 2.77. The molecule has 1 heterocycles. The van der Waals surface area contributed by atoms with Crippen LogP contribution in [0.15, 0.2) is 0 Å². The number of hydrogen-bond donors (Lipinski definition) is 2. The van der Waals surface area contributed by atoms with Crippen LogP contribution in [0.1, 0.15) is 12.8 Å². The summed E-state index contributed by atoms with van der Waals surface area (Å²) in [5, 5.41) is 8.66. The molecule has 2 rings (SSSR count). The summed E-state index contributed by atoms with van der Waals surface area (Å²) in [6, 6.07) is -0.521. The van der Waals surface area contributed by atoms with E-state index in [2.05, 4.69) is 0 Å². The smallest absolute Gasteiger partial charge is 0.307 e. The summed E-state index contributed by atoms with van der Waals surface area (Å²) in [7, 11) is 0. The third-order valence-electron chi connectivity index (χ3n) is 3.06. The molecule has 1 saturated carbocycles. The maximum atomic E-state index is 11.7. The van der Waals surface area contributed by atoms with Crippen molar-refractivity contribution in [3.8, 4) is 0 Å². The molecule has 0 aromatic heterocycles. The summed E-state index contributed by atoms with van der Waals surface area (Å²) in [6.45, 7) is 0.509. The third-order valence-corrected chi connectivity index (χ3v) is 3.06. The lowest BCUT2D eigenvalue weighted by atomic mass is 10.0. The quantitative estimate of drug-likeness (QED) is 0.613. The fraction of sp³-hybridized carbons (Fsp3) is 0.667. The van der Waals surface area contributed by atoms with E-state index in [0.717, 1.165) is 0 Å². The van der Waals surface area contributed by atoms with Crippen LogP contribution in [0.3, 0.4) is 0 Å². The summed E-state index contributed by atoms with van der Waals surface area (Å²) >= 11 is 0. The van der Waals surface area contributed by atoms with Gasteiger partial charge in [0.25, 0.3) is 0 Å². The molecular weight excluding hydrogens is 200 g/mol. The Labute approximate surface area is 86.0 Å². The second-order valence-corrected chi connectivity index (χ2v) is 4.03. The minimum Gasteiger partial charge on any atom is -0.481 e. The number of rotatable bonds is 3. The molecular formula is C9H12N2O4. The molecule has 0 aromatic rings. The topological polar surface area (TPSA) is 101 Å². The zero-order chi connectivity index (χ0) is 11.2. The number of primary amides is 1. The van der Waals surface area contributed by atoms with Crippen molar-refractivity contribution < 1.29 is 19.5 Å². The van der Waals surface area contributed by atoms with Crippen LogP contribution in [0.5, 0.6) is 0 Å². The van der Waals surface area contributed by atoms with Crippen LogP contribution >= 0.6 is 0 Å². The molecule has 1 saturated heterocycles. The Morgan fingerprint density at radius 3 is 2.27 bits per heavy atom. The van der Waals surface area contributed by atoms with Crippen molar-refractivity contribution >= 4 is 17.8 Å². The van der Waals surface area contributed by atoms with Gasteiger partial charge in [0.2, 0.25) is 11.8 Å². The zero-order valence-corrected chi connectivity index (χ0v) is 8.05. The lowest BCUT2D eigenvalue weighted by Crippen LogP contribution is -2.57. The molecule has 0 aromatic carbocycles. The van der Waals surface area contributed by atoms with Crippen LogP contribution in [0.4, 0.5) is 0 Å². The summed E-state index contributed by atoms with van der Waals surface area (Å²) in [4.78, 5) is 34.5. The summed E-state index contributed by atoms with van der Waals surface area (Å²) in [5.41, 5.74) is 5.09. The van der Waals surface area contributed by atoms with Crippen molar-refractivity contribution in [1.82, 2.24) is 4.90 Å². The van der Waals surface area contributed by atoms with Gasteiger partial charge in [-0.15, -0.1) is 0 Å². The molecule has 1 aliphatic heterocycles. The summed E-state index contributed by atoms with van der Waals surface area (Å²) < 4.78 is 0. The Bertz CT molecular complexity index is 341. The highest BCUT2D eigenvalue weighted by Gasteiger charge is 2.52. The molecule has 1 aliphatic carbocycles. The van der Waals surface area contributed by atoms with E-state index < -0.39 is 29.8 Å². The van der Waals surface area contributed by atoms with Crippen molar-refractivity contribution in [1.29, 1.82) is 0 Å². The van der Waals surface area contributed by atoms with E-state index in [1.165, 1.54) is 4.90 Å². The minimum absolute atomic E-state index is 0.238. The number of carbonyl (C=O) groups excluding carboxylic acids is 2. The van der Waals surface area contributed by atoms with E-state index >= 15 is 0 Å². The number of amides is 2. The van der Waals surface area contributed by atoms with Gasteiger partial charge in [-0.3, -0.25) is 14.4 Å². The van der Waals surface area contributed by atoms with E-state index in [-0.39, 0.29) is 5.91 Å². The molecule has 3 N–H and O–H groups in total. The number of nitrogens with zero attached hydrogens (tertiary/aromatic N) is 1. The second kappa shape index (κ2) is 3.22. The van der Waals surface area contributed by atoms with Crippen LogP contribution in [0.25, 0.3) is 0 Å². The lowest BCUT2D eigenvalue weighted by molar-refractivity contribution is -0.149. The van der Waals surface area contributed by atoms with Gasteiger partial charge in [0.15, 0.2) is 0 Å². The molecule has 0 spiro atoms. The van der Waals surface area contributed by atoms with Crippen molar-refractivity contribution in [2.75, 3.05) is 6.54 Å². The summed E-state index contributed by atoms with van der Waals surface area (Å²) in [5.74, 6) is -2.69. The first kappa shape index (κ1) is 9.95. The SMILES string of the molecule is NC(=O)C1CCN1C(=O)[C@@H]1C[C@@H]1C(=O)O. The van der Waals surface area contributed by atoms with E-state index in [1.807, 2.05) is 0 Å². The van der Waals surface area contributed by atoms with Gasteiger partial charge in [0.1, 0.15) is 6.04 Å². The van der Waals surface area contributed by atoms with Gasteiger partial charge in [0, 0.05) is 6.54 Å². The van der Waals surface area contributed by atoms with Gasteiger partial charge in [-0.2, -0.15) is 0 Å². The van der Waals surface area contributed by atoms with Gasteiger partial charge < -0.3 is 15.7 Å². The average molecular weight is 212 g/mol. The van der Waals surface area contributed by atoms with Crippen LogP contribution < -0.4 is 5.73 Å². The van der Waals surface area contributed by atoms with Crippen molar-refractivity contribution in [2.24, 2.45) is 17.6 Å². The van der Waals surface area contributed by atoms with E-state index in [0.29, 0.717) is 19.4 Å². The van der Waals surface area contributed by atoms with Gasteiger partial charge >= 0.3 is 5.97 Å². The molecule has 0 radical (unpaired) electrons. The van der Waals surface area contributed by atoms with Gasteiger partial charge in [-0.05, 0) is 12.8 Å². The van der Waals surface area contributed by atoms with Gasteiger partial charge in [-0.1, -0.05) is 0 Å². The first-order chi connectivity index (χ1) is 7.02. The Kier molecular flexibility index (Phi) is 2.13. The highest BCUT2D eigenvalue weighted by atomic mass is 16.4. The summed E-state index contributed by atoms with van der Waals surface area (Å²) in [6.07, 6.45) is 0.974. The first-order valence-corrected chi connectivity index (χ1v) is 4.85. The molecule has 0 bridgehead atoms. The van der Waals surface area contributed by atoms with Crippen molar-refractivity contribution in [2.45, 2.75) is 18.9 Å². The fourth-order valence-electron chi connectivity index (χ4n) is 1.90. The van der Waals surface area contributed by atoms with E-state index in [4.69, 9.17) is 10.8 Å². The van der Waals surface area contributed by atoms with E-state index in [1.54, 1.807) is 0 Å². The maximum Gasteiger partial charge on any atom is 0.307 e. The monoisotopic (exact) mass is 212 g/mol. The highest BCUT2D eigenvalue weighted by molar-refractivity contribution is 5.93. The molecule has 2 fully saturated rings. The van der Waals surface area contributed by atoms with Crippen molar-refractivity contribution in [3.05, 3.63) is 0 Å². The molecule has 6 nitrogen and oxygen atoms in total. The van der Waals surface area contributed by atoms with Crippen LogP contribution in [0, 0.1) is 11.8 Å².